The van der Waals surface area contributed by atoms with Crippen molar-refractivity contribution in [2.75, 3.05) is 27.4 Å². The van der Waals surface area contributed by atoms with E-state index in [2.05, 4.69) is 0 Å². The van der Waals surface area contributed by atoms with Gasteiger partial charge in [-0.2, -0.15) is 0 Å². The summed E-state index contributed by atoms with van der Waals surface area (Å²) in [6.07, 6.45) is -24.5. The number of phenols is 2. The zero-order valence-electron chi connectivity index (χ0n) is 30.0. The Balaban J connectivity index is 1.39. The largest absolute Gasteiger partial charge is 0.507 e. The lowest BCUT2D eigenvalue weighted by atomic mass is 9.98. The van der Waals surface area contributed by atoms with Gasteiger partial charge in [-0.15, -0.1) is 0 Å². The number of methoxy groups -OCH3 is 2. The first kappa shape index (κ1) is 41.7. The SMILES string of the molecule is COc1cc(-c2[o+]c3cc(O)cc(O[C@@H]4OC(CO)[C@@H](O)[C@H](O)C4O)c3cc2O[C@@H]2OC(CO[C@@H]3OC(C)[C@H](O)[C@H](O)C3O)[C@@H](O)C(O)C2O)cc(OC)c1O. The molecule has 3 saturated heterocycles. The second kappa shape index (κ2) is 16.9. The zero-order chi connectivity index (χ0) is 40.7. The number of aliphatic hydroxyl groups is 10. The van der Waals surface area contributed by atoms with E-state index in [4.69, 9.17) is 42.3 Å². The minimum Gasteiger partial charge on any atom is -0.507 e. The monoisotopic (exact) mass is 801 g/mol. The van der Waals surface area contributed by atoms with Gasteiger partial charge < -0.3 is 99.2 Å². The van der Waals surface area contributed by atoms with E-state index < -0.39 is 111 Å². The number of rotatable bonds is 11. The van der Waals surface area contributed by atoms with Crippen LogP contribution in [0.3, 0.4) is 0 Å². The zero-order valence-corrected chi connectivity index (χ0v) is 30.0. The van der Waals surface area contributed by atoms with Crippen molar-refractivity contribution in [1.82, 2.24) is 0 Å². The minimum absolute atomic E-state index is 0.000263. The highest BCUT2D eigenvalue weighted by Crippen LogP contribution is 2.46. The van der Waals surface area contributed by atoms with Gasteiger partial charge in [0.15, 0.2) is 17.8 Å². The first-order chi connectivity index (χ1) is 26.6. The Labute approximate surface area is 317 Å². The molecule has 3 fully saturated rings. The molecule has 0 radical (unpaired) electrons. The van der Waals surface area contributed by atoms with Crippen molar-refractivity contribution in [3.63, 3.8) is 0 Å². The Hall–Kier alpha value is -3.91. The molecule has 310 valence electrons. The highest BCUT2D eigenvalue weighted by molar-refractivity contribution is 5.89. The van der Waals surface area contributed by atoms with E-state index in [1.165, 1.54) is 45.4 Å². The van der Waals surface area contributed by atoms with Gasteiger partial charge in [-0.3, -0.25) is 0 Å². The summed E-state index contributed by atoms with van der Waals surface area (Å²) < 4.78 is 51.0. The van der Waals surface area contributed by atoms with Crippen LogP contribution in [0.1, 0.15) is 6.92 Å². The van der Waals surface area contributed by atoms with Crippen LogP contribution in [-0.2, 0) is 18.9 Å². The fraction of sp³-hybridized carbons (Fsp3) is 0.571. The summed E-state index contributed by atoms with van der Waals surface area (Å²) in [6, 6.07) is 6.21. The molecule has 6 rings (SSSR count). The molecule has 3 aliphatic rings. The average Bonchev–Trinajstić information content (AvgIpc) is 3.18. The predicted octanol–water partition coefficient (Wildman–Crippen LogP) is -2.98. The number of benzene rings is 2. The second-order valence-corrected chi connectivity index (χ2v) is 13.5. The van der Waals surface area contributed by atoms with Gasteiger partial charge in [0.1, 0.15) is 84.0 Å². The van der Waals surface area contributed by atoms with Gasteiger partial charge in [0.05, 0.1) is 45.2 Å². The standard InChI is InChI=1S/C35H44O21/c1-11-22(38)26(42)29(45)33(51-11)50-10-21-25(41)28(44)31(47)35(56-21)54-19-8-14-15(52-32(19)12-4-17(48-2)23(39)18(5-12)49-3)6-13(37)7-16(14)53-34-30(46)27(43)24(40)20(9-36)55-34/h4-8,11,20-22,24-31,33-36,38,40-47H,9-10H2,1-3H3,(H-,37,39)/p+1/t11?,20?,21?,22-,24+,25+,26-,27-,28?,29?,30?,31?,33+,34+,35+/m0/s1. The number of hydrogen-bond donors (Lipinski definition) is 12. The summed E-state index contributed by atoms with van der Waals surface area (Å²) in [7, 11) is 2.55. The normalized spacial score (nSPS) is 36.3. The molecule has 21 heteroatoms. The summed E-state index contributed by atoms with van der Waals surface area (Å²) in [4.78, 5) is 0. The van der Waals surface area contributed by atoms with E-state index in [1.54, 1.807) is 0 Å². The average molecular weight is 802 g/mol. The summed E-state index contributed by atoms with van der Waals surface area (Å²) >= 11 is 0. The van der Waals surface area contributed by atoms with Gasteiger partial charge in [0, 0.05) is 24.3 Å². The summed E-state index contributed by atoms with van der Waals surface area (Å²) in [5.74, 6) is -1.65. The molecule has 0 bridgehead atoms. The molecule has 2 aromatic carbocycles. The lowest BCUT2D eigenvalue weighted by Crippen LogP contribution is -2.61. The van der Waals surface area contributed by atoms with Gasteiger partial charge in [-0.05, 0) is 6.92 Å². The van der Waals surface area contributed by atoms with Crippen molar-refractivity contribution in [2.45, 2.75) is 99.0 Å². The number of hydrogen-bond acceptors (Lipinski definition) is 20. The molecule has 1 aromatic heterocycles. The number of phenolic OH excluding ortho intramolecular Hbond substituents is 2. The molecule has 21 nitrogen and oxygen atoms in total. The van der Waals surface area contributed by atoms with E-state index >= 15 is 0 Å². The number of aliphatic hydroxyl groups excluding tert-OH is 10. The third-order valence-corrected chi connectivity index (χ3v) is 9.78. The maximum atomic E-state index is 11.1. The molecule has 15 atom stereocenters. The van der Waals surface area contributed by atoms with E-state index in [9.17, 15) is 61.3 Å². The lowest BCUT2D eigenvalue weighted by Gasteiger charge is -2.42. The Morgan fingerprint density at radius 2 is 1.12 bits per heavy atom. The predicted molar refractivity (Wildman–Crippen MR) is 183 cm³/mol. The topological polar surface area (TPSA) is 328 Å². The fourth-order valence-corrected chi connectivity index (χ4v) is 6.49. The Morgan fingerprint density at radius 3 is 1.71 bits per heavy atom. The van der Waals surface area contributed by atoms with Crippen LogP contribution in [0.2, 0.25) is 0 Å². The van der Waals surface area contributed by atoms with Crippen molar-refractivity contribution >= 4 is 11.0 Å². The van der Waals surface area contributed by atoms with Crippen molar-refractivity contribution in [3.05, 3.63) is 30.3 Å². The fourth-order valence-electron chi connectivity index (χ4n) is 6.49. The summed E-state index contributed by atoms with van der Waals surface area (Å²) in [5.41, 5.74) is 0.0228. The molecular weight excluding hydrogens is 756 g/mol. The molecule has 0 amide bonds. The van der Waals surface area contributed by atoms with Crippen LogP contribution in [-0.4, -0.2) is 181 Å². The molecule has 0 saturated carbocycles. The van der Waals surface area contributed by atoms with E-state index in [0.29, 0.717) is 0 Å². The van der Waals surface area contributed by atoms with Crippen LogP contribution in [0.5, 0.6) is 34.5 Å². The van der Waals surface area contributed by atoms with Crippen LogP contribution < -0.4 is 18.9 Å². The van der Waals surface area contributed by atoms with Gasteiger partial charge in [0.2, 0.25) is 24.1 Å². The third-order valence-electron chi connectivity index (χ3n) is 9.78. The maximum absolute atomic E-state index is 11.1. The highest BCUT2D eigenvalue weighted by atomic mass is 16.7. The van der Waals surface area contributed by atoms with Gasteiger partial charge >= 0.3 is 11.3 Å². The van der Waals surface area contributed by atoms with E-state index in [1.807, 2.05) is 0 Å². The lowest BCUT2D eigenvalue weighted by molar-refractivity contribution is -0.318. The molecule has 0 aliphatic carbocycles. The van der Waals surface area contributed by atoms with Crippen LogP contribution in [0.25, 0.3) is 22.3 Å². The quantitative estimate of drug-likeness (QED) is 0.0861. The van der Waals surface area contributed by atoms with Gasteiger partial charge in [-0.1, -0.05) is 0 Å². The molecule has 56 heavy (non-hydrogen) atoms. The Kier molecular flexibility index (Phi) is 12.6. The molecule has 0 spiro atoms. The van der Waals surface area contributed by atoms with Crippen molar-refractivity contribution < 1.29 is 104 Å². The van der Waals surface area contributed by atoms with Gasteiger partial charge in [0.25, 0.3) is 0 Å². The van der Waals surface area contributed by atoms with Crippen molar-refractivity contribution in [2.24, 2.45) is 0 Å². The van der Waals surface area contributed by atoms with E-state index in [0.717, 1.165) is 6.07 Å². The minimum atomic E-state index is -1.94. The highest BCUT2D eigenvalue weighted by Gasteiger charge is 2.49. The first-order valence-corrected chi connectivity index (χ1v) is 17.3. The van der Waals surface area contributed by atoms with Crippen molar-refractivity contribution in [3.8, 4) is 45.8 Å². The van der Waals surface area contributed by atoms with Crippen molar-refractivity contribution in [1.29, 1.82) is 0 Å². The third kappa shape index (κ3) is 7.97. The number of aromatic hydroxyl groups is 2. The van der Waals surface area contributed by atoms with Gasteiger partial charge in [-0.25, -0.2) is 4.42 Å². The molecule has 3 aromatic rings. The molecular formula is C35H45O21+. The number of fused-ring (bicyclic) bond motifs is 1. The molecule has 12 N–H and O–H groups in total. The molecule has 7 unspecified atom stereocenters. The summed E-state index contributed by atoms with van der Waals surface area (Å²) in [5, 5.41) is 125. The maximum Gasteiger partial charge on any atom is 0.402 e. The van der Waals surface area contributed by atoms with Crippen LogP contribution in [0.4, 0.5) is 0 Å². The Bertz CT molecular complexity index is 1800. The second-order valence-electron chi connectivity index (χ2n) is 13.5. The Morgan fingerprint density at radius 1 is 0.589 bits per heavy atom. The van der Waals surface area contributed by atoms with E-state index in [-0.39, 0.29) is 51.0 Å². The van der Waals surface area contributed by atoms with Crippen LogP contribution in [0, 0.1) is 0 Å². The summed E-state index contributed by atoms with van der Waals surface area (Å²) in [6.45, 7) is 0.0789. The number of ether oxygens (including phenoxy) is 8. The first-order valence-electron chi connectivity index (χ1n) is 17.3. The van der Waals surface area contributed by atoms with Crippen LogP contribution >= 0.6 is 0 Å². The molecule has 3 aliphatic heterocycles. The smallest absolute Gasteiger partial charge is 0.402 e. The van der Waals surface area contributed by atoms with Crippen LogP contribution in [0.15, 0.2) is 34.7 Å². The molecule has 4 heterocycles.